The summed E-state index contributed by atoms with van der Waals surface area (Å²) >= 11 is 0. The third-order valence-corrected chi connectivity index (χ3v) is 18.1. The van der Waals surface area contributed by atoms with E-state index in [1.807, 2.05) is 0 Å². The molecule has 0 saturated carbocycles. The lowest BCUT2D eigenvalue weighted by molar-refractivity contribution is -0.151. The number of ether oxygens (including phenoxy) is 3. The molecule has 0 bridgehead atoms. The highest BCUT2D eigenvalue weighted by atomic mass is 16.5. The van der Waals surface area contributed by atoms with E-state index in [-0.39, 0.29) is 60.9 Å². The summed E-state index contributed by atoms with van der Waals surface area (Å²) in [6.45, 7) is 18.8. The monoisotopic (exact) mass is 1290 g/mol. The van der Waals surface area contributed by atoms with Gasteiger partial charge in [0, 0.05) is 58.0 Å². The topological polar surface area (TPSA) is 171 Å². The molecule has 0 aliphatic rings. The number of aliphatic hydroxyl groups is 1. The number of ketones is 2. The molecule has 0 aromatic rings. The number of rotatable bonds is 69. The quantitative estimate of drug-likeness (QED) is 0.0337. The third kappa shape index (κ3) is 74.4. The van der Waals surface area contributed by atoms with Crippen molar-refractivity contribution in [1.29, 1.82) is 0 Å². The SMILES string of the molecule is CCCCCCCC(CCCCCCC)COC(=O)CCCC(=O)CCCC(=O)OC(CCCCCCC)CCCCCCC.CCCCCCCC(CCCCCCC)OC(=O)CCCC(=O)CCCC(=O)O.CCCCCCCC(CO)CCCCCCC. The average Bonchev–Trinajstić information content (AvgIpc) is 3.54. The first kappa shape index (κ1) is 92.4. The van der Waals surface area contributed by atoms with E-state index in [1.54, 1.807) is 0 Å². The molecule has 0 aromatic heterocycles. The molecule has 0 saturated heterocycles. The zero-order chi connectivity index (χ0) is 67.7. The molecular formula is C80H154O11. The van der Waals surface area contributed by atoms with Crippen molar-refractivity contribution in [3.63, 3.8) is 0 Å². The number of aliphatic carboxylic acids is 1. The van der Waals surface area contributed by atoms with Gasteiger partial charge in [-0.3, -0.25) is 28.8 Å². The number of carbonyl (C=O) groups is 6. The van der Waals surface area contributed by atoms with Crippen LogP contribution in [0.1, 0.15) is 441 Å². The first-order valence-electron chi connectivity index (χ1n) is 39.7. The summed E-state index contributed by atoms with van der Waals surface area (Å²) in [7, 11) is 0. The second-order valence-electron chi connectivity index (χ2n) is 27.3. The van der Waals surface area contributed by atoms with Crippen LogP contribution in [-0.4, -0.2) is 71.1 Å². The van der Waals surface area contributed by atoms with Crippen molar-refractivity contribution in [3.05, 3.63) is 0 Å². The van der Waals surface area contributed by atoms with Crippen LogP contribution in [-0.2, 0) is 43.0 Å². The number of carbonyl (C=O) groups excluding carboxylic acids is 5. The number of unbranched alkanes of at least 4 members (excludes halogenated alkanes) is 32. The number of carboxylic acid groups (broad SMARTS) is 1. The second-order valence-corrected chi connectivity index (χ2v) is 27.3. The van der Waals surface area contributed by atoms with Crippen LogP contribution in [0.3, 0.4) is 0 Å². The lowest BCUT2D eigenvalue weighted by atomic mass is 9.95. The summed E-state index contributed by atoms with van der Waals surface area (Å²) < 4.78 is 17.3. The van der Waals surface area contributed by atoms with Crippen LogP contribution in [0.25, 0.3) is 0 Å². The molecule has 0 aliphatic carbocycles. The van der Waals surface area contributed by atoms with Crippen molar-refractivity contribution in [2.24, 2.45) is 11.8 Å². The lowest BCUT2D eigenvalue weighted by Crippen LogP contribution is -2.18. The molecule has 0 fully saturated rings. The van der Waals surface area contributed by atoms with E-state index in [9.17, 15) is 33.9 Å². The first-order valence-corrected chi connectivity index (χ1v) is 39.7. The van der Waals surface area contributed by atoms with Crippen molar-refractivity contribution in [2.45, 2.75) is 453 Å². The number of esters is 3. The van der Waals surface area contributed by atoms with Crippen LogP contribution in [0.4, 0.5) is 0 Å². The largest absolute Gasteiger partial charge is 0.481 e. The van der Waals surface area contributed by atoms with E-state index in [1.165, 1.54) is 244 Å². The normalized spacial score (nSPS) is 11.3. The first-order chi connectivity index (χ1) is 44.3. The van der Waals surface area contributed by atoms with E-state index >= 15 is 0 Å². The van der Waals surface area contributed by atoms with E-state index in [0.29, 0.717) is 82.8 Å². The van der Waals surface area contributed by atoms with E-state index < -0.39 is 5.97 Å². The summed E-state index contributed by atoms with van der Waals surface area (Å²) in [5.74, 6) is -0.225. The van der Waals surface area contributed by atoms with Crippen molar-refractivity contribution in [1.82, 2.24) is 0 Å². The molecule has 0 aliphatic heterocycles. The number of Topliss-reactive ketones (excluding diaryl/α,β-unsaturated/α-hetero) is 2. The predicted molar refractivity (Wildman–Crippen MR) is 385 cm³/mol. The molecule has 0 unspecified atom stereocenters. The summed E-state index contributed by atoms with van der Waals surface area (Å²) in [4.78, 5) is 71.8. The molecule has 11 nitrogen and oxygen atoms in total. The Bertz CT molecular complexity index is 1510. The standard InChI is InChI=1S/C40H76O5.C24H44O5.C16H34O/c1-5-9-13-17-21-27-36(28-22-18-14-10-6-2)35-44-39(42)33-25-29-37(41)30-26-34-40(43)45-38(31-23-19-15-11-7-3)32-24-20-16-12-8-4;1-3-5-7-9-11-17-22(18-12-10-8-6-4-2)29-24(28)20-14-16-21(25)15-13-19-23(26)27;1-3-5-7-9-11-13-16(15-17)14-12-10-8-6-4-2/h36,38H,5-35H2,1-4H3;22H,3-20H2,1-2H3,(H,26,27);16-17H,3-15H2,1-2H3. The summed E-state index contributed by atoms with van der Waals surface area (Å²) in [6.07, 6.45) is 63.2. The van der Waals surface area contributed by atoms with Gasteiger partial charge in [0.25, 0.3) is 0 Å². The molecule has 0 aromatic carbocycles. The average molecular weight is 1290 g/mol. The van der Waals surface area contributed by atoms with Crippen molar-refractivity contribution in [2.75, 3.05) is 13.2 Å². The highest BCUT2D eigenvalue weighted by molar-refractivity contribution is 5.80. The fourth-order valence-electron chi connectivity index (χ4n) is 12.0. The van der Waals surface area contributed by atoms with Gasteiger partial charge in [0.1, 0.15) is 23.8 Å². The Morgan fingerprint density at radius 3 is 0.747 bits per heavy atom. The maximum absolute atomic E-state index is 12.6. The molecular weight excluding hydrogens is 1140 g/mol. The molecule has 540 valence electrons. The van der Waals surface area contributed by atoms with Crippen LogP contribution in [0.15, 0.2) is 0 Å². The van der Waals surface area contributed by atoms with Gasteiger partial charge in [-0.1, -0.05) is 287 Å². The molecule has 0 heterocycles. The van der Waals surface area contributed by atoms with Gasteiger partial charge in [0.2, 0.25) is 0 Å². The smallest absolute Gasteiger partial charge is 0.306 e. The summed E-state index contributed by atoms with van der Waals surface area (Å²) in [6, 6.07) is 0. The number of hydrogen-bond acceptors (Lipinski definition) is 10. The van der Waals surface area contributed by atoms with E-state index in [4.69, 9.17) is 19.3 Å². The zero-order valence-electron chi connectivity index (χ0n) is 61.7. The Balaban J connectivity index is -0.00000143. The van der Waals surface area contributed by atoms with Crippen molar-refractivity contribution >= 4 is 35.4 Å². The van der Waals surface area contributed by atoms with Gasteiger partial charge >= 0.3 is 23.9 Å². The van der Waals surface area contributed by atoms with Crippen molar-refractivity contribution in [3.8, 4) is 0 Å². The van der Waals surface area contributed by atoms with Crippen LogP contribution < -0.4 is 0 Å². The van der Waals surface area contributed by atoms with Crippen molar-refractivity contribution < 1.29 is 53.2 Å². The zero-order valence-corrected chi connectivity index (χ0v) is 61.7. The molecule has 0 amide bonds. The van der Waals surface area contributed by atoms with Crippen LogP contribution in [0.2, 0.25) is 0 Å². The fourth-order valence-corrected chi connectivity index (χ4v) is 12.0. The molecule has 0 spiro atoms. The fraction of sp³-hybridized carbons (Fsp3) is 0.925. The van der Waals surface area contributed by atoms with Crippen LogP contribution in [0.5, 0.6) is 0 Å². The Kier molecular flexibility index (Phi) is 77.3. The molecule has 2 N–H and O–H groups in total. The highest BCUT2D eigenvalue weighted by Crippen LogP contribution is 2.23. The second kappa shape index (κ2) is 76.2. The predicted octanol–water partition coefficient (Wildman–Crippen LogP) is 24.3. The Labute approximate surface area is 563 Å². The highest BCUT2D eigenvalue weighted by Gasteiger charge is 2.18. The van der Waals surface area contributed by atoms with E-state index in [0.717, 1.165) is 64.2 Å². The number of hydrogen-bond donors (Lipinski definition) is 2. The molecule has 91 heavy (non-hydrogen) atoms. The van der Waals surface area contributed by atoms with Gasteiger partial charge in [0.05, 0.1) is 6.61 Å². The molecule has 0 radical (unpaired) electrons. The summed E-state index contributed by atoms with van der Waals surface area (Å²) in [5, 5.41) is 17.9. The molecule has 0 rings (SSSR count). The third-order valence-electron chi connectivity index (χ3n) is 18.1. The van der Waals surface area contributed by atoms with Gasteiger partial charge in [-0.2, -0.15) is 0 Å². The van der Waals surface area contributed by atoms with Gasteiger partial charge in [-0.05, 0) is 115 Å². The van der Waals surface area contributed by atoms with Gasteiger partial charge in [0.15, 0.2) is 0 Å². The van der Waals surface area contributed by atoms with Gasteiger partial charge < -0.3 is 24.4 Å². The maximum Gasteiger partial charge on any atom is 0.306 e. The Hall–Kier alpha value is -2.82. The Morgan fingerprint density at radius 1 is 0.264 bits per heavy atom. The number of carboxylic acids is 1. The number of aliphatic hydroxyl groups excluding tert-OH is 1. The van der Waals surface area contributed by atoms with E-state index in [2.05, 4.69) is 55.4 Å². The minimum Gasteiger partial charge on any atom is -0.481 e. The minimum absolute atomic E-state index is 0.0111. The molecule has 11 heteroatoms. The Morgan fingerprint density at radius 2 is 0.495 bits per heavy atom. The summed E-state index contributed by atoms with van der Waals surface area (Å²) in [5.41, 5.74) is 0. The minimum atomic E-state index is -0.878. The van der Waals surface area contributed by atoms with Crippen LogP contribution in [0, 0.1) is 11.8 Å². The lowest BCUT2D eigenvalue weighted by Gasteiger charge is -2.18. The van der Waals surface area contributed by atoms with Gasteiger partial charge in [-0.25, -0.2) is 0 Å². The maximum atomic E-state index is 12.6. The van der Waals surface area contributed by atoms with Gasteiger partial charge in [-0.15, -0.1) is 0 Å². The molecule has 0 atom stereocenters. The van der Waals surface area contributed by atoms with Crippen LogP contribution >= 0.6 is 0 Å².